The summed E-state index contributed by atoms with van der Waals surface area (Å²) in [5.41, 5.74) is 1.33. The van der Waals surface area contributed by atoms with Crippen LogP contribution in [0.3, 0.4) is 0 Å². The molecule has 7 nitrogen and oxygen atoms in total. The van der Waals surface area contributed by atoms with Crippen LogP contribution in [0.15, 0.2) is 42.6 Å². The molecule has 132 valence electrons. The molecule has 2 aromatic rings. The van der Waals surface area contributed by atoms with E-state index in [9.17, 15) is 14.9 Å². The lowest BCUT2D eigenvalue weighted by molar-refractivity contribution is -0.384. The monoisotopic (exact) mass is 342 g/mol. The Morgan fingerprint density at radius 1 is 1.28 bits per heavy atom. The van der Waals surface area contributed by atoms with Crippen LogP contribution in [0.5, 0.6) is 0 Å². The van der Waals surface area contributed by atoms with E-state index in [4.69, 9.17) is 0 Å². The second-order valence-corrected chi connectivity index (χ2v) is 5.59. The molecule has 0 aliphatic rings. The fourth-order valence-corrected chi connectivity index (χ4v) is 2.57. The average molecular weight is 342 g/mol. The fraction of sp³-hybridized carbons (Fsp3) is 0.333. The molecule has 1 N–H and O–H groups in total. The maximum atomic E-state index is 12.4. The number of hydrogen-bond donors (Lipinski definition) is 1. The number of pyridine rings is 1. The van der Waals surface area contributed by atoms with Gasteiger partial charge in [0.2, 0.25) is 0 Å². The number of nitro groups is 1. The smallest absolute Gasteiger partial charge is 0.293 e. The van der Waals surface area contributed by atoms with Crippen LogP contribution in [0.25, 0.3) is 0 Å². The number of rotatable bonds is 7. The minimum Gasteiger partial charge on any atom is -0.371 e. The zero-order chi connectivity index (χ0) is 18.4. The molecule has 1 aromatic heterocycles. The Bertz CT molecular complexity index is 745. The Hall–Kier alpha value is -2.96. The number of anilines is 1. The SMILES string of the molecule is CCN(CC)C(=O)c1ccc(NC(C)c2ccccn2)c([N+](=O)[O-])c1. The van der Waals surface area contributed by atoms with Crippen molar-refractivity contribution >= 4 is 17.3 Å². The van der Waals surface area contributed by atoms with Gasteiger partial charge in [0, 0.05) is 30.9 Å². The van der Waals surface area contributed by atoms with Gasteiger partial charge in [-0.05, 0) is 45.0 Å². The number of nitro benzene ring substituents is 1. The Morgan fingerprint density at radius 3 is 2.56 bits per heavy atom. The molecule has 1 aromatic carbocycles. The van der Waals surface area contributed by atoms with Crippen molar-refractivity contribution in [3.63, 3.8) is 0 Å². The maximum Gasteiger partial charge on any atom is 0.293 e. The van der Waals surface area contributed by atoms with Crippen molar-refractivity contribution in [1.82, 2.24) is 9.88 Å². The molecule has 1 amide bonds. The van der Waals surface area contributed by atoms with E-state index >= 15 is 0 Å². The first-order valence-electron chi connectivity index (χ1n) is 8.23. The number of carbonyl (C=O) groups is 1. The van der Waals surface area contributed by atoms with Crippen molar-refractivity contribution in [3.8, 4) is 0 Å². The van der Waals surface area contributed by atoms with Crippen molar-refractivity contribution < 1.29 is 9.72 Å². The number of hydrogen-bond acceptors (Lipinski definition) is 5. The van der Waals surface area contributed by atoms with Crippen LogP contribution < -0.4 is 5.32 Å². The number of amides is 1. The number of nitrogens with one attached hydrogen (secondary N) is 1. The van der Waals surface area contributed by atoms with E-state index in [1.165, 1.54) is 6.07 Å². The molecule has 1 unspecified atom stereocenters. The third-order valence-electron chi connectivity index (χ3n) is 4.00. The molecular formula is C18H22N4O3. The minimum atomic E-state index is -0.480. The molecule has 0 radical (unpaired) electrons. The number of carbonyl (C=O) groups excluding carboxylic acids is 1. The first-order valence-corrected chi connectivity index (χ1v) is 8.23. The standard InChI is InChI=1S/C18H22N4O3/c1-4-21(5-2)18(23)14-9-10-16(17(12-14)22(24)25)20-13(3)15-8-6-7-11-19-15/h6-13,20H,4-5H2,1-3H3. The summed E-state index contributed by atoms with van der Waals surface area (Å²) in [7, 11) is 0. The number of aromatic nitrogens is 1. The highest BCUT2D eigenvalue weighted by Crippen LogP contribution is 2.29. The molecule has 1 heterocycles. The van der Waals surface area contributed by atoms with E-state index in [-0.39, 0.29) is 17.6 Å². The normalized spacial score (nSPS) is 11.6. The lowest BCUT2D eigenvalue weighted by Crippen LogP contribution is -2.30. The topological polar surface area (TPSA) is 88.4 Å². The Morgan fingerprint density at radius 2 is 2.00 bits per heavy atom. The molecular weight excluding hydrogens is 320 g/mol. The van der Waals surface area contributed by atoms with Crippen LogP contribution in [-0.2, 0) is 0 Å². The summed E-state index contributed by atoms with van der Waals surface area (Å²) < 4.78 is 0. The van der Waals surface area contributed by atoms with E-state index in [0.29, 0.717) is 24.3 Å². The van der Waals surface area contributed by atoms with E-state index in [1.807, 2.05) is 39.0 Å². The van der Waals surface area contributed by atoms with Crippen LogP contribution in [-0.4, -0.2) is 33.8 Å². The quantitative estimate of drug-likeness (QED) is 0.613. The second-order valence-electron chi connectivity index (χ2n) is 5.59. The predicted molar refractivity (Wildman–Crippen MR) is 96.6 cm³/mol. The summed E-state index contributed by atoms with van der Waals surface area (Å²) in [5.74, 6) is -0.211. The summed E-state index contributed by atoms with van der Waals surface area (Å²) in [5, 5.41) is 14.6. The highest BCUT2D eigenvalue weighted by Gasteiger charge is 2.21. The molecule has 0 aliphatic heterocycles. The molecule has 0 spiro atoms. The van der Waals surface area contributed by atoms with Gasteiger partial charge in [0.05, 0.1) is 16.7 Å². The molecule has 1 atom stereocenters. The first kappa shape index (κ1) is 18.4. The van der Waals surface area contributed by atoms with Gasteiger partial charge < -0.3 is 10.2 Å². The predicted octanol–water partition coefficient (Wildman–Crippen LogP) is 3.64. The van der Waals surface area contributed by atoms with Crippen molar-refractivity contribution in [2.45, 2.75) is 26.8 Å². The van der Waals surface area contributed by atoms with Gasteiger partial charge >= 0.3 is 0 Å². The molecule has 0 bridgehead atoms. The van der Waals surface area contributed by atoms with Crippen molar-refractivity contribution in [1.29, 1.82) is 0 Å². The zero-order valence-corrected chi connectivity index (χ0v) is 14.6. The van der Waals surface area contributed by atoms with Crippen molar-refractivity contribution in [2.75, 3.05) is 18.4 Å². The zero-order valence-electron chi connectivity index (χ0n) is 14.6. The van der Waals surface area contributed by atoms with Gasteiger partial charge in [0.1, 0.15) is 5.69 Å². The van der Waals surface area contributed by atoms with E-state index < -0.39 is 4.92 Å². The molecule has 25 heavy (non-hydrogen) atoms. The average Bonchev–Trinajstić information content (AvgIpc) is 2.63. The Labute approximate surface area is 146 Å². The Kier molecular flexibility index (Phi) is 6.05. The lowest BCUT2D eigenvalue weighted by Gasteiger charge is -2.19. The van der Waals surface area contributed by atoms with Gasteiger partial charge in [-0.3, -0.25) is 19.9 Å². The fourth-order valence-electron chi connectivity index (χ4n) is 2.57. The molecule has 0 fully saturated rings. The van der Waals surface area contributed by atoms with E-state index in [1.54, 1.807) is 23.2 Å². The van der Waals surface area contributed by atoms with Crippen LogP contribution in [0.2, 0.25) is 0 Å². The molecule has 7 heteroatoms. The summed E-state index contributed by atoms with van der Waals surface area (Å²) in [6, 6.07) is 9.84. The molecule has 0 aliphatic carbocycles. The second kappa shape index (κ2) is 8.23. The van der Waals surface area contributed by atoms with Gasteiger partial charge in [-0.1, -0.05) is 6.07 Å². The first-order chi connectivity index (χ1) is 12.0. The highest BCUT2D eigenvalue weighted by molar-refractivity contribution is 5.95. The van der Waals surface area contributed by atoms with Crippen LogP contribution in [0, 0.1) is 10.1 Å². The third-order valence-corrected chi connectivity index (χ3v) is 4.00. The lowest BCUT2D eigenvalue weighted by atomic mass is 10.1. The van der Waals surface area contributed by atoms with Crippen molar-refractivity contribution in [3.05, 3.63) is 64.0 Å². The summed E-state index contributed by atoms with van der Waals surface area (Å²) in [4.78, 5) is 29.3. The summed E-state index contributed by atoms with van der Waals surface area (Å²) in [6.45, 7) is 6.74. The molecule has 0 saturated carbocycles. The summed E-state index contributed by atoms with van der Waals surface area (Å²) in [6.07, 6.45) is 1.67. The molecule has 0 saturated heterocycles. The van der Waals surface area contributed by atoms with Crippen LogP contribution >= 0.6 is 0 Å². The van der Waals surface area contributed by atoms with Crippen LogP contribution in [0.4, 0.5) is 11.4 Å². The van der Waals surface area contributed by atoms with Gasteiger partial charge in [0.25, 0.3) is 11.6 Å². The van der Waals surface area contributed by atoms with Gasteiger partial charge in [0.15, 0.2) is 0 Å². The maximum absolute atomic E-state index is 12.4. The number of benzene rings is 1. The van der Waals surface area contributed by atoms with Gasteiger partial charge in [-0.25, -0.2) is 0 Å². The van der Waals surface area contributed by atoms with E-state index in [2.05, 4.69) is 10.3 Å². The van der Waals surface area contributed by atoms with E-state index in [0.717, 1.165) is 5.69 Å². The highest BCUT2D eigenvalue weighted by atomic mass is 16.6. The minimum absolute atomic E-state index is 0.124. The van der Waals surface area contributed by atoms with Crippen LogP contribution in [0.1, 0.15) is 42.9 Å². The largest absolute Gasteiger partial charge is 0.371 e. The number of nitrogens with zero attached hydrogens (tertiary/aromatic N) is 3. The van der Waals surface area contributed by atoms with Gasteiger partial charge in [-0.2, -0.15) is 0 Å². The van der Waals surface area contributed by atoms with Crippen molar-refractivity contribution in [2.24, 2.45) is 0 Å². The Balaban J connectivity index is 2.30. The summed E-state index contributed by atoms with van der Waals surface area (Å²) >= 11 is 0. The third kappa shape index (κ3) is 4.32. The molecule has 2 rings (SSSR count). The van der Waals surface area contributed by atoms with Gasteiger partial charge in [-0.15, -0.1) is 0 Å².